The molecule has 3 aromatic rings. The zero-order valence-corrected chi connectivity index (χ0v) is 18.2. The minimum atomic E-state index is -3.01. The van der Waals surface area contributed by atoms with Crippen LogP contribution < -0.4 is 15.8 Å². The average Bonchev–Trinajstić information content (AvgIpc) is 3.33. The number of nitrogens with two attached hydrogens (primary N) is 1. The van der Waals surface area contributed by atoms with E-state index in [0.717, 1.165) is 18.3 Å². The molecule has 34 heavy (non-hydrogen) atoms. The van der Waals surface area contributed by atoms with Crippen LogP contribution in [0.25, 0.3) is 11.3 Å². The Bertz CT molecular complexity index is 1240. The van der Waals surface area contributed by atoms with Crippen LogP contribution in [0.5, 0.6) is 5.75 Å². The van der Waals surface area contributed by atoms with Gasteiger partial charge >= 0.3 is 12.6 Å². The van der Waals surface area contributed by atoms with Crippen molar-refractivity contribution in [2.45, 2.75) is 38.0 Å². The second-order valence-electron chi connectivity index (χ2n) is 8.62. The molecule has 1 spiro atoms. The molecule has 12 heteroatoms. The fourth-order valence-corrected chi connectivity index (χ4v) is 4.56. The van der Waals surface area contributed by atoms with E-state index in [1.54, 1.807) is 11.8 Å². The van der Waals surface area contributed by atoms with E-state index in [4.69, 9.17) is 5.73 Å². The van der Waals surface area contributed by atoms with Crippen molar-refractivity contribution >= 4 is 11.8 Å². The molecule has 2 amide bonds. The lowest BCUT2D eigenvalue weighted by Crippen LogP contribution is -2.62. The number of fused-ring (bicyclic) bond motifs is 2. The first-order chi connectivity index (χ1) is 16.2. The van der Waals surface area contributed by atoms with Gasteiger partial charge in [0, 0.05) is 48.7 Å². The van der Waals surface area contributed by atoms with Crippen LogP contribution in [0.4, 0.5) is 23.8 Å². The number of amides is 2. The molecule has 5 heterocycles. The number of hydrogen-bond acceptors (Lipinski definition) is 6. The Morgan fingerprint density at radius 1 is 1.24 bits per heavy atom. The van der Waals surface area contributed by atoms with Crippen molar-refractivity contribution in [2.24, 2.45) is 0 Å². The predicted octanol–water partition coefficient (Wildman–Crippen LogP) is 3.09. The maximum Gasteiger partial charge on any atom is 0.387 e. The summed E-state index contributed by atoms with van der Waals surface area (Å²) >= 11 is 0. The lowest BCUT2D eigenvalue weighted by molar-refractivity contribution is -0.0494. The average molecular weight is 473 g/mol. The number of rotatable bonds is 5. The van der Waals surface area contributed by atoms with Gasteiger partial charge in [-0.05, 0) is 37.1 Å². The summed E-state index contributed by atoms with van der Waals surface area (Å²) in [5.74, 6) is -0.790. The van der Waals surface area contributed by atoms with Crippen LogP contribution in [-0.4, -0.2) is 50.4 Å². The monoisotopic (exact) mass is 473 g/mol. The summed E-state index contributed by atoms with van der Waals surface area (Å²) in [6.07, 6.45) is 4.93. The van der Waals surface area contributed by atoms with E-state index < -0.39 is 18.5 Å². The van der Waals surface area contributed by atoms with Gasteiger partial charge in [-0.25, -0.2) is 14.2 Å². The Labute approximate surface area is 192 Å². The first-order valence-electron chi connectivity index (χ1n) is 10.7. The van der Waals surface area contributed by atoms with Gasteiger partial charge in [-0.1, -0.05) is 0 Å². The summed E-state index contributed by atoms with van der Waals surface area (Å²) in [6, 6.07) is 3.99. The number of halogens is 3. The number of nitrogen functional groups attached to an aromatic ring is 1. The summed E-state index contributed by atoms with van der Waals surface area (Å²) in [6.45, 7) is 0.462. The van der Waals surface area contributed by atoms with E-state index in [2.05, 4.69) is 25.1 Å². The summed E-state index contributed by atoms with van der Waals surface area (Å²) in [5.41, 5.74) is 8.03. The van der Waals surface area contributed by atoms with Crippen molar-refractivity contribution < 1.29 is 22.7 Å². The zero-order chi connectivity index (χ0) is 24.0. The van der Waals surface area contributed by atoms with Crippen LogP contribution in [0.15, 0.2) is 36.8 Å². The minimum absolute atomic E-state index is 0.129. The summed E-state index contributed by atoms with van der Waals surface area (Å²) in [5, 5.41) is 7.46. The standard InChI is InChI=1S/C22H22F3N7O2/c1-12(13-4-15(23)9-27-7-13)29-21(33)31-10-22(11-31)2-3-32-18(22)6-16(30-32)14-5-17(34-20(24)25)19(26)28-8-14/h4-9,12,20H,2-3,10-11H2,1H3,(H2,26,28)(H,29,33). The molecule has 9 nitrogen and oxygen atoms in total. The van der Waals surface area contributed by atoms with Crippen molar-refractivity contribution in [3.05, 3.63) is 53.9 Å². The molecule has 2 aliphatic heterocycles. The minimum Gasteiger partial charge on any atom is -0.431 e. The normalized spacial score (nSPS) is 16.9. The number of nitrogens with one attached hydrogen (secondary N) is 1. The highest BCUT2D eigenvalue weighted by molar-refractivity contribution is 5.76. The number of anilines is 1. The Hall–Kier alpha value is -3.83. The number of pyridine rings is 2. The first kappa shape index (κ1) is 22.0. The smallest absolute Gasteiger partial charge is 0.387 e. The van der Waals surface area contributed by atoms with Gasteiger partial charge in [0.05, 0.1) is 17.9 Å². The molecule has 0 saturated carbocycles. The Balaban J connectivity index is 1.28. The third kappa shape index (κ3) is 3.88. The predicted molar refractivity (Wildman–Crippen MR) is 116 cm³/mol. The fraction of sp³-hybridized carbons (Fsp3) is 0.364. The fourth-order valence-electron chi connectivity index (χ4n) is 4.56. The first-order valence-corrected chi connectivity index (χ1v) is 10.7. The highest BCUT2D eigenvalue weighted by Gasteiger charge is 2.51. The van der Waals surface area contributed by atoms with Crippen LogP contribution in [0, 0.1) is 5.82 Å². The van der Waals surface area contributed by atoms with E-state index in [1.165, 1.54) is 24.5 Å². The van der Waals surface area contributed by atoms with Gasteiger partial charge in [0.25, 0.3) is 0 Å². The lowest BCUT2D eigenvalue weighted by atomic mass is 9.76. The number of nitrogens with zero attached hydrogens (tertiary/aromatic N) is 5. The molecule has 3 N–H and O–H groups in total. The maximum absolute atomic E-state index is 13.4. The van der Waals surface area contributed by atoms with Crippen molar-refractivity contribution in [2.75, 3.05) is 18.8 Å². The Morgan fingerprint density at radius 2 is 2.03 bits per heavy atom. The van der Waals surface area contributed by atoms with Crippen LogP contribution in [0.2, 0.25) is 0 Å². The summed E-state index contributed by atoms with van der Waals surface area (Å²) in [7, 11) is 0. The highest BCUT2D eigenvalue weighted by Crippen LogP contribution is 2.44. The summed E-state index contributed by atoms with van der Waals surface area (Å²) < 4.78 is 45.0. The number of aryl methyl sites for hydroxylation is 1. The van der Waals surface area contributed by atoms with Gasteiger partial charge in [0.15, 0.2) is 11.6 Å². The van der Waals surface area contributed by atoms with Gasteiger partial charge < -0.3 is 20.7 Å². The molecule has 2 aliphatic rings. The maximum atomic E-state index is 13.4. The molecule has 0 aromatic carbocycles. The molecule has 0 radical (unpaired) electrons. The Morgan fingerprint density at radius 3 is 2.76 bits per heavy atom. The van der Waals surface area contributed by atoms with Gasteiger partial charge in [-0.3, -0.25) is 9.67 Å². The van der Waals surface area contributed by atoms with Crippen LogP contribution >= 0.6 is 0 Å². The third-order valence-electron chi connectivity index (χ3n) is 6.36. The molecule has 3 aromatic heterocycles. The van der Waals surface area contributed by atoms with Crippen molar-refractivity contribution in [1.82, 2.24) is 30.0 Å². The van der Waals surface area contributed by atoms with Crippen molar-refractivity contribution in [1.29, 1.82) is 0 Å². The summed E-state index contributed by atoms with van der Waals surface area (Å²) in [4.78, 5) is 22.2. The van der Waals surface area contributed by atoms with Crippen LogP contribution in [0.1, 0.15) is 30.6 Å². The van der Waals surface area contributed by atoms with Gasteiger partial charge in [0.2, 0.25) is 0 Å². The molecule has 5 rings (SSSR count). The number of carbonyl (C=O) groups excluding carboxylic acids is 1. The van der Waals surface area contributed by atoms with E-state index in [-0.39, 0.29) is 23.0 Å². The van der Waals surface area contributed by atoms with Gasteiger partial charge in [0.1, 0.15) is 5.82 Å². The van der Waals surface area contributed by atoms with Crippen LogP contribution in [-0.2, 0) is 12.0 Å². The molecule has 1 saturated heterocycles. The largest absolute Gasteiger partial charge is 0.431 e. The molecular formula is C22H22F3N7O2. The SMILES string of the molecule is CC(NC(=O)N1CC2(CCn3nc(-c4cnc(N)c(OC(F)F)c4)cc32)C1)c1cncc(F)c1. The topological polar surface area (TPSA) is 111 Å². The second kappa shape index (κ2) is 8.19. The van der Waals surface area contributed by atoms with Crippen LogP contribution in [0.3, 0.4) is 0 Å². The number of carbonyl (C=O) groups is 1. The van der Waals surface area contributed by atoms with Gasteiger partial charge in [-0.15, -0.1) is 0 Å². The number of alkyl halides is 2. The number of ether oxygens (including phenoxy) is 1. The third-order valence-corrected chi connectivity index (χ3v) is 6.36. The van der Waals surface area contributed by atoms with Crippen molar-refractivity contribution in [3.63, 3.8) is 0 Å². The Kier molecular flexibility index (Phi) is 5.29. The molecule has 1 unspecified atom stereocenters. The second-order valence-corrected chi connectivity index (χ2v) is 8.62. The lowest BCUT2D eigenvalue weighted by Gasteiger charge is -2.47. The number of urea groups is 1. The molecular weight excluding hydrogens is 451 g/mol. The number of aromatic nitrogens is 4. The molecule has 0 aliphatic carbocycles. The molecule has 0 bridgehead atoms. The zero-order valence-electron chi connectivity index (χ0n) is 18.2. The van der Waals surface area contributed by atoms with Crippen molar-refractivity contribution in [3.8, 4) is 17.0 Å². The van der Waals surface area contributed by atoms with E-state index in [9.17, 15) is 18.0 Å². The number of hydrogen-bond donors (Lipinski definition) is 2. The molecule has 1 atom stereocenters. The number of likely N-dealkylation sites (tertiary alicyclic amines) is 1. The van der Waals surface area contributed by atoms with Gasteiger partial charge in [-0.2, -0.15) is 13.9 Å². The molecule has 178 valence electrons. The molecule has 1 fully saturated rings. The van der Waals surface area contributed by atoms with E-state index in [1.807, 2.05) is 10.7 Å². The van der Waals surface area contributed by atoms with E-state index in [0.29, 0.717) is 36.5 Å². The quantitative estimate of drug-likeness (QED) is 0.589. The highest BCUT2D eigenvalue weighted by atomic mass is 19.3. The van der Waals surface area contributed by atoms with E-state index >= 15 is 0 Å².